The predicted molar refractivity (Wildman–Crippen MR) is 83.1 cm³/mol. The van der Waals surface area contributed by atoms with Crippen molar-refractivity contribution in [2.75, 3.05) is 0 Å². The number of hydrogen-bond acceptors (Lipinski definition) is 4. The quantitative estimate of drug-likeness (QED) is 0.913. The monoisotopic (exact) mass is 313 g/mol. The van der Waals surface area contributed by atoms with Crippen molar-refractivity contribution in [1.29, 1.82) is 0 Å². The standard InChI is InChI=1S/C17H19N3O3/c1-12-5-6-14(23-12)11-20-15(7-8-16(20)21)17(22)19-10-13-4-2-3-9-18-13/h2-6,9,15H,7-8,10-11H2,1H3,(H,19,22)/t15-/m1/s1. The SMILES string of the molecule is Cc1ccc(CN2C(=O)CC[C@@H]2C(=O)NCc2ccccn2)o1. The molecule has 0 unspecified atom stereocenters. The number of nitrogens with one attached hydrogen (secondary N) is 1. The van der Waals surface area contributed by atoms with Gasteiger partial charge < -0.3 is 14.6 Å². The van der Waals surface area contributed by atoms with E-state index in [1.54, 1.807) is 11.1 Å². The van der Waals surface area contributed by atoms with E-state index in [4.69, 9.17) is 4.42 Å². The van der Waals surface area contributed by atoms with E-state index in [9.17, 15) is 9.59 Å². The molecule has 1 aliphatic heterocycles. The van der Waals surface area contributed by atoms with E-state index in [0.29, 0.717) is 31.7 Å². The molecule has 6 nitrogen and oxygen atoms in total. The van der Waals surface area contributed by atoms with Gasteiger partial charge >= 0.3 is 0 Å². The lowest BCUT2D eigenvalue weighted by molar-refractivity contribution is -0.136. The fourth-order valence-corrected chi connectivity index (χ4v) is 2.74. The molecule has 1 atom stereocenters. The summed E-state index contributed by atoms with van der Waals surface area (Å²) in [7, 11) is 0. The lowest BCUT2D eigenvalue weighted by atomic mass is 10.2. The van der Waals surface area contributed by atoms with Crippen LogP contribution in [0.1, 0.15) is 30.1 Å². The van der Waals surface area contributed by atoms with Crippen LogP contribution >= 0.6 is 0 Å². The van der Waals surface area contributed by atoms with Crippen LogP contribution in [0.25, 0.3) is 0 Å². The molecular formula is C17H19N3O3. The third-order valence-corrected chi connectivity index (χ3v) is 3.92. The molecule has 3 heterocycles. The maximum atomic E-state index is 12.4. The van der Waals surface area contributed by atoms with Crippen molar-refractivity contribution in [3.63, 3.8) is 0 Å². The molecule has 1 fully saturated rings. The molecule has 0 aliphatic carbocycles. The van der Waals surface area contributed by atoms with Crippen LogP contribution in [0.15, 0.2) is 40.9 Å². The normalized spacial score (nSPS) is 17.5. The summed E-state index contributed by atoms with van der Waals surface area (Å²) in [4.78, 5) is 30.2. The molecule has 0 aromatic carbocycles. The molecule has 1 N–H and O–H groups in total. The van der Waals surface area contributed by atoms with Crippen molar-refractivity contribution in [2.24, 2.45) is 0 Å². The molecule has 0 bridgehead atoms. The Morgan fingerprint density at radius 3 is 2.96 bits per heavy atom. The van der Waals surface area contributed by atoms with Crippen molar-refractivity contribution in [3.05, 3.63) is 53.7 Å². The zero-order valence-corrected chi connectivity index (χ0v) is 13.0. The fraction of sp³-hybridized carbons (Fsp3) is 0.353. The highest BCUT2D eigenvalue weighted by Gasteiger charge is 2.36. The van der Waals surface area contributed by atoms with Gasteiger partial charge in [-0.2, -0.15) is 0 Å². The van der Waals surface area contributed by atoms with E-state index in [1.807, 2.05) is 37.3 Å². The van der Waals surface area contributed by atoms with E-state index in [0.717, 1.165) is 11.5 Å². The van der Waals surface area contributed by atoms with Gasteiger partial charge in [0.1, 0.15) is 17.6 Å². The van der Waals surface area contributed by atoms with Crippen molar-refractivity contribution >= 4 is 11.8 Å². The van der Waals surface area contributed by atoms with Crippen molar-refractivity contribution in [1.82, 2.24) is 15.2 Å². The molecule has 3 rings (SSSR count). The molecule has 0 spiro atoms. The maximum Gasteiger partial charge on any atom is 0.243 e. The Bertz CT molecular complexity index is 696. The Hall–Kier alpha value is -2.63. The van der Waals surface area contributed by atoms with Crippen LogP contribution in [-0.4, -0.2) is 27.7 Å². The second kappa shape index (κ2) is 6.64. The summed E-state index contributed by atoms with van der Waals surface area (Å²) in [5.74, 6) is 1.32. The van der Waals surface area contributed by atoms with Crippen LogP contribution < -0.4 is 5.32 Å². The average molecular weight is 313 g/mol. The van der Waals surface area contributed by atoms with Gasteiger partial charge in [0, 0.05) is 12.6 Å². The van der Waals surface area contributed by atoms with Crippen LogP contribution in [0, 0.1) is 6.92 Å². The van der Waals surface area contributed by atoms with E-state index in [-0.39, 0.29) is 11.8 Å². The molecule has 1 aliphatic rings. The Balaban J connectivity index is 1.62. The summed E-state index contributed by atoms with van der Waals surface area (Å²) in [6, 6.07) is 8.79. The molecular weight excluding hydrogens is 294 g/mol. The topological polar surface area (TPSA) is 75.4 Å². The van der Waals surface area contributed by atoms with Gasteiger partial charge in [-0.1, -0.05) is 6.07 Å². The Labute approximate surface area is 134 Å². The summed E-state index contributed by atoms with van der Waals surface area (Å²) in [5.41, 5.74) is 0.790. The minimum absolute atomic E-state index is 0.0166. The number of nitrogens with zero attached hydrogens (tertiary/aromatic N) is 2. The molecule has 23 heavy (non-hydrogen) atoms. The molecule has 2 amide bonds. The van der Waals surface area contributed by atoms with E-state index in [2.05, 4.69) is 10.3 Å². The van der Waals surface area contributed by atoms with Gasteiger partial charge in [-0.15, -0.1) is 0 Å². The lowest BCUT2D eigenvalue weighted by Crippen LogP contribution is -2.44. The highest BCUT2D eigenvalue weighted by Crippen LogP contribution is 2.22. The van der Waals surface area contributed by atoms with E-state index >= 15 is 0 Å². The van der Waals surface area contributed by atoms with Gasteiger partial charge in [-0.3, -0.25) is 14.6 Å². The molecule has 6 heteroatoms. The summed E-state index contributed by atoms with van der Waals surface area (Å²) in [6.07, 6.45) is 2.61. The molecule has 120 valence electrons. The molecule has 0 saturated carbocycles. The average Bonchev–Trinajstić information content (AvgIpc) is 3.13. The minimum Gasteiger partial charge on any atom is -0.464 e. The van der Waals surface area contributed by atoms with E-state index in [1.165, 1.54) is 0 Å². The molecule has 2 aromatic rings. The first-order chi connectivity index (χ1) is 11.1. The number of pyridine rings is 1. The zero-order chi connectivity index (χ0) is 16.2. The van der Waals surface area contributed by atoms with Crippen LogP contribution in [0.2, 0.25) is 0 Å². The zero-order valence-electron chi connectivity index (χ0n) is 13.0. The van der Waals surface area contributed by atoms with Gasteiger partial charge in [0.2, 0.25) is 11.8 Å². The third kappa shape index (κ3) is 3.59. The second-order valence-corrected chi connectivity index (χ2v) is 5.63. The largest absolute Gasteiger partial charge is 0.464 e. The number of aromatic nitrogens is 1. The van der Waals surface area contributed by atoms with Gasteiger partial charge in [0.15, 0.2) is 0 Å². The van der Waals surface area contributed by atoms with Crippen LogP contribution in [0.5, 0.6) is 0 Å². The number of hydrogen-bond donors (Lipinski definition) is 1. The minimum atomic E-state index is -0.448. The summed E-state index contributed by atoms with van der Waals surface area (Å²) in [6.45, 7) is 2.54. The van der Waals surface area contributed by atoms with E-state index < -0.39 is 6.04 Å². The van der Waals surface area contributed by atoms with Gasteiger partial charge in [0.05, 0.1) is 18.8 Å². The Kier molecular flexibility index (Phi) is 4.41. The lowest BCUT2D eigenvalue weighted by Gasteiger charge is -2.23. The summed E-state index contributed by atoms with van der Waals surface area (Å²) >= 11 is 0. The molecule has 2 aromatic heterocycles. The molecule has 1 saturated heterocycles. The summed E-state index contributed by atoms with van der Waals surface area (Å²) in [5, 5.41) is 2.86. The number of rotatable bonds is 5. The van der Waals surface area contributed by atoms with Crippen molar-refractivity contribution < 1.29 is 14.0 Å². The van der Waals surface area contributed by atoms with Crippen molar-refractivity contribution in [3.8, 4) is 0 Å². The molecule has 0 radical (unpaired) electrons. The number of amides is 2. The Morgan fingerprint density at radius 2 is 2.26 bits per heavy atom. The van der Waals surface area contributed by atoms with Crippen molar-refractivity contribution in [2.45, 2.75) is 38.9 Å². The number of carbonyl (C=O) groups is 2. The smallest absolute Gasteiger partial charge is 0.243 e. The van der Waals surface area contributed by atoms with Crippen LogP contribution in [0.4, 0.5) is 0 Å². The number of likely N-dealkylation sites (tertiary alicyclic amines) is 1. The first-order valence-corrected chi connectivity index (χ1v) is 7.66. The Morgan fingerprint density at radius 1 is 1.39 bits per heavy atom. The van der Waals surface area contributed by atoms with Crippen LogP contribution in [-0.2, 0) is 22.7 Å². The predicted octanol–water partition coefficient (Wildman–Crippen LogP) is 1.79. The van der Waals surface area contributed by atoms with Gasteiger partial charge in [-0.05, 0) is 37.6 Å². The van der Waals surface area contributed by atoms with Crippen LogP contribution in [0.3, 0.4) is 0 Å². The van der Waals surface area contributed by atoms with Gasteiger partial charge in [0.25, 0.3) is 0 Å². The highest BCUT2D eigenvalue weighted by molar-refractivity contribution is 5.90. The maximum absolute atomic E-state index is 12.4. The third-order valence-electron chi connectivity index (χ3n) is 3.92. The second-order valence-electron chi connectivity index (χ2n) is 5.63. The number of carbonyl (C=O) groups excluding carboxylic acids is 2. The first kappa shape index (κ1) is 15.3. The number of aryl methyl sites for hydroxylation is 1. The number of furan rings is 1. The highest BCUT2D eigenvalue weighted by atomic mass is 16.3. The van der Waals surface area contributed by atoms with Gasteiger partial charge in [-0.25, -0.2) is 0 Å². The summed E-state index contributed by atoms with van der Waals surface area (Å²) < 4.78 is 5.52. The first-order valence-electron chi connectivity index (χ1n) is 7.66. The fourth-order valence-electron chi connectivity index (χ4n) is 2.74.